The van der Waals surface area contributed by atoms with Gasteiger partial charge in [0.1, 0.15) is 5.82 Å². The van der Waals surface area contributed by atoms with Crippen molar-refractivity contribution in [1.29, 1.82) is 0 Å². The van der Waals surface area contributed by atoms with E-state index in [4.69, 9.17) is 11.5 Å². The van der Waals surface area contributed by atoms with Gasteiger partial charge in [-0.1, -0.05) is 6.07 Å². The van der Waals surface area contributed by atoms with Gasteiger partial charge in [-0.15, -0.1) is 0 Å². The van der Waals surface area contributed by atoms with E-state index in [1.165, 1.54) is 6.07 Å². The number of anilines is 1. The van der Waals surface area contributed by atoms with Crippen molar-refractivity contribution in [3.8, 4) is 0 Å². The second-order valence-electron chi connectivity index (χ2n) is 3.34. The lowest BCUT2D eigenvalue weighted by molar-refractivity contribution is 0.629. The van der Waals surface area contributed by atoms with Crippen molar-refractivity contribution >= 4 is 11.6 Å². The zero-order chi connectivity index (χ0) is 12.0. The lowest BCUT2D eigenvalue weighted by Crippen LogP contribution is -2.23. The third kappa shape index (κ3) is 3.51. The summed E-state index contributed by atoms with van der Waals surface area (Å²) in [5, 5.41) is 2.70. The molecule has 1 aromatic carbocycles. The molecule has 0 radical (unpaired) electrons. The number of hydrogen-bond donors (Lipinski definition) is 3. The first-order chi connectivity index (χ1) is 7.67. The van der Waals surface area contributed by atoms with Gasteiger partial charge in [-0.05, 0) is 37.6 Å². The molecule has 1 rings (SSSR count). The van der Waals surface area contributed by atoms with Gasteiger partial charge in [-0.25, -0.2) is 4.39 Å². The lowest BCUT2D eigenvalue weighted by Gasteiger charge is -2.08. The fourth-order valence-corrected chi connectivity index (χ4v) is 1.33. The third-order valence-electron chi connectivity index (χ3n) is 2.06. The molecule has 0 amide bonds. The highest BCUT2D eigenvalue weighted by Crippen LogP contribution is 2.15. The fourth-order valence-electron chi connectivity index (χ4n) is 1.33. The number of nitrogens with zero attached hydrogens (tertiary/aromatic N) is 1. The van der Waals surface area contributed by atoms with Crippen LogP contribution in [0.15, 0.2) is 23.2 Å². The predicted molar refractivity (Wildman–Crippen MR) is 64.9 cm³/mol. The quantitative estimate of drug-likeness (QED) is 0.529. The molecule has 0 saturated carbocycles. The van der Waals surface area contributed by atoms with Crippen molar-refractivity contribution in [2.24, 2.45) is 16.5 Å². The summed E-state index contributed by atoms with van der Waals surface area (Å²) in [5.41, 5.74) is 12.1. The zero-order valence-electron chi connectivity index (χ0n) is 9.33. The molecule has 0 aliphatic rings. The van der Waals surface area contributed by atoms with Gasteiger partial charge >= 0.3 is 0 Å². The molecule has 0 unspecified atom stereocenters. The average molecular weight is 224 g/mol. The van der Waals surface area contributed by atoms with Crippen LogP contribution in [0.4, 0.5) is 10.1 Å². The number of nitrogens with one attached hydrogen (secondary N) is 1. The van der Waals surface area contributed by atoms with E-state index < -0.39 is 0 Å². The van der Waals surface area contributed by atoms with E-state index in [0.717, 1.165) is 5.56 Å². The van der Waals surface area contributed by atoms with Crippen LogP contribution >= 0.6 is 0 Å². The maximum absolute atomic E-state index is 13.6. The van der Waals surface area contributed by atoms with E-state index in [1.54, 1.807) is 6.07 Å². The maximum atomic E-state index is 13.6. The van der Waals surface area contributed by atoms with Gasteiger partial charge in [0, 0.05) is 6.54 Å². The summed E-state index contributed by atoms with van der Waals surface area (Å²) in [6.45, 7) is 2.92. The third-order valence-corrected chi connectivity index (χ3v) is 2.06. The first-order valence-electron chi connectivity index (χ1n) is 5.22. The number of halogens is 1. The van der Waals surface area contributed by atoms with Crippen LogP contribution in [0, 0.1) is 5.82 Å². The Balaban J connectivity index is 2.78. The SMILES string of the molecule is CCN=C(N)Nc1ccc(CCN)cc1F. The summed E-state index contributed by atoms with van der Waals surface area (Å²) in [6, 6.07) is 4.91. The Morgan fingerprint density at radius 1 is 1.50 bits per heavy atom. The van der Waals surface area contributed by atoms with E-state index in [2.05, 4.69) is 10.3 Å². The first-order valence-corrected chi connectivity index (χ1v) is 5.22. The van der Waals surface area contributed by atoms with E-state index in [0.29, 0.717) is 25.2 Å². The minimum absolute atomic E-state index is 0.216. The molecule has 0 atom stereocenters. The Kier molecular flexibility index (Phi) is 4.72. The van der Waals surface area contributed by atoms with Gasteiger partial charge in [0.25, 0.3) is 0 Å². The minimum atomic E-state index is -0.347. The lowest BCUT2D eigenvalue weighted by atomic mass is 10.1. The maximum Gasteiger partial charge on any atom is 0.193 e. The van der Waals surface area contributed by atoms with Crippen molar-refractivity contribution in [3.63, 3.8) is 0 Å². The molecule has 0 spiro atoms. The van der Waals surface area contributed by atoms with E-state index in [9.17, 15) is 4.39 Å². The summed E-state index contributed by atoms with van der Waals surface area (Å²) in [5.74, 6) is -0.131. The molecule has 0 aliphatic heterocycles. The molecule has 0 saturated heterocycles. The largest absolute Gasteiger partial charge is 0.370 e. The highest BCUT2D eigenvalue weighted by molar-refractivity contribution is 5.92. The topological polar surface area (TPSA) is 76.4 Å². The zero-order valence-corrected chi connectivity index (χ0v) is 9.33. The summed E-state index contributed by atoms with van der Waals surface area (Å²) in [6.07, 6.45) is 0.662. The minimum Gasteiger partial charge on any atom is -0.370 e. The molecular weight excluding hydrogens is 207 g/mol. The molecule has 0 fully saturated rings. The van der Waals surface area contributed by atoms with Gasteiger partial charge in [0.05, 0.1) is 5.69 Å². The van der Waals surface area contributed by atoms with Crippen molar-refractivity contribution < 1.29 is 4.39 Å². The Labute approximate surface area is 94.5 Å². The summed E-state index contributed by atoms with van der Waals surface area (Å²) < 4.78 is 13.6. The number of aliphatic imine (C=N–C) groups is 1. The molecular formula is C11H17FN4. The standard InChI is InChI=1S/C11H17FN4/c1-2-15-11(14)16-10-4-3-8(5-6-13)7-9(10)12/h3-4,7H,2,5-6,13H2,1H3,(H3,14,15,16). The van der Waals surface area contributed by atoms with Crippen molar-refractivity contribution in [2.45, 2.75) is 13.3 Å². The van der Waals surface area contributed by atoms with Crippen LogP contribution < -0.4 is 16.8 Å². The number of guanidine groups is 1. The smallest absolute Gasteiger partial charge is 0.193 e. The number of rotatable bonds is 4. The average Bonchev–Trinajstić information content (AvgIpc) is 2.23. The van der Waals surface area contributed by atoms with Crippen LogP contribution in [0.1, 0.15) is 12.5 Å². The van der Waals surface area contributed by atoms with Gasteiger partial charge < -0.3 is 16.8 Å². The fraction of sp³-hybridized carbons (Fsp3) is 0.364. The Morgan fingerprint density at radius 3 is 2.81 bits per heavy atom. The molecule has 0 aliphatic carbocycles. The van der Waals surface area contributed by atoms with Crippen LogP contribution in [-0.2, 0) is 6.42 Å². The molecule has 5 N–H and O–H groups in total. The van der Waals surface area contributed by atoms with Crippen LogP contribution in [0.2, 0.25) is 0 Å². The van der Waals surface area contributed by atoms with Crippen molar-refractivity contribution in [2.75, 3.05) is 18.4 Å². The molecule has 0 aromatic heterocycles. The highest BCUT2D eigenvalue weighted by atomic mass is 19.1. The number of benzene rings is 1. The molecule has 1 aromatic rings. The Morgan fingerprint density at radius 2 is 2.25 bits per heavy atom. The van der Waals surface area contributed by atoms with E-state index in [-0.39, 0.29) is 11.8 Å². The molecule has 16 heavy (non-hydrogen) atoms. The van der Waals surface area contributed by atoms with E-state index in [1.807, 2.05) is 13.0 Å². The Bertz CT molecular complexity index is 376. The van der Waals surface area contributed by atoms with Gasteiger partial charge in [0.2, 0.25) is 0 Å². The van der Waals surface area contributed by atoms with Crippen LogP contribution in [0.3, 0.4) is 0 Å². The Hall–Kier alpha value is -1.62. The second-order valence-corrected chi connectivity index (χ2v) is 3.34. The molecule has 88 valence electrons. The van der Waals surface area contributed by atoms with Crippen molar-refractivity contribution in [1.82, 2.24) is 0 Å². The predicted octanol–water partition coefficient (Wildman–Crippen LogP) is 1.07. The van der Waals surface area contributed by atoms with Gasteiger partial charge in [-0.2, -0.15) is 0 Å². The van der Waals surface area contributed by atoms with Gasteiger partial charge in [-0.3, -0.25) is 4.99 Å². The number of hydrogen-bond acceptors (Lipinski definition) is 2. The van der Waals surface area contributed by atoms with Crippen LogP contribution in [0.25, 0.3) is 0 Å². The highest BCUT2D eigenvalue weighted by Gasteiger charge is 2.03. The molecule has 0 heterocycles. The summed E-state index contributed by atoms with van der Waals surface area (Å²) in [7, 11) is 0. The van der Waals surface area contributed by atoms with E-state index >= 15 is 0 Å². The molecule has 5 heteroatoms. The summed E-state index contributed by atoms with van der Waals surface area (Å²) in [4.78, 5) is 3.92. The first kappa shape index (κ1) is 12.4. The van der Waals surface area contributed by atoms with Gasteiger partial charge in [0.15, 0.2) is 5.96 Å². The molecule has 4 nitrogen and oxygen atoms in total. The van der Waals surface area contributed by atoms with Crippen molar-refractivity contribution in [3.05, 3.63) is 29.6 Å². The summed E-state index contributed by atoms with van der Waals surface area (Å²) >= 11 is 0. The molecule has 0 bridgehead atoms. The normalized spacial score (nSPS) is 11.6. The second kappa shape index (κ2) is 6.07. The van der Waals surface area contributed by atoms with Crippen LogP contribution in [-0.4, -0.2) is 19.0 Å². The van der Waals surface area contributed by atoms with Crippen LogP contribution in [0.5, 0.6) is 0 Å². The monoisotopic (exact) mass is 224 g/mol. The number of nitrogens with two attached hydrogens (primary N) is 2.